The van der Waals surface area contributed by atoms with Gasteiger partial charge in [-0.1, -0.05) is 13.0 Å². The number of ether oxygens (including phenoxy) is 1. The average molecular weight is 261 g/mol. The van der Waals surface area contributed by atoms with Crippen LogP contribution in [0.25, 0.3) is 11.0 Å². The van der Waals surface area contributed by atoms with Crippen molar-refractivity contribution in [2.75, 3.05) is 26.7 Å². The van der Waals surface area contributed by atoms with Crippen molar-refractivity contribution in [2.24, 2.45) is 0 Å². The summed E-state index contributed by atoms with van der Waals surface area (Å²) in [5.74, 6) is 0.721. The molecule has 0 saturated carbocycles. The van der Waals surface area contributed by atoms with E-state index in [0.29, 0.717) is 0 Å². The Hall–Kier alpha value is -1.75. The molecule has 2 heterocycles. The number of benzene rings is 1. The van der Waals surface area contributed by atoms with Crippen LogP contribution in [0.1, 0.15) is 19.4 Å². The number of aromatic amines is 1. The zero-order chi connectivity index (χ0) is 13.4. The van der Waals surface area contributed by atoms with Crippen LogP contribution in [0.2, 0.25) is 0 Å². The van der Waals surface area contributed by atoms with E-state index in [1.165, 1.54) is 0 Å². The maximum atomic E-state index is 12.2. The molecule has 1 aliphatic heterocycles. The number of nitrogens with zero attached hydrogens (tertiary/aromatic N) is 2. The van der Waals surface area contributed by atoms with Gasteiger partial charge in [-0.05, 0) is 25.1 Å². The molecule has 1 saturated heterocycles. The minimum absolute atomic E-state index is 0.0394. The van der Waals surface area contributed by atoms with Gasteiger partial charge in [0.05, 0.1) is 18.7 Å². The fourth-order valence-electron chi connectivity index (χ4n) is 2.97. The van der Waals surface area contributed by atoms with Crippen molar-refractivity contribution < 1.29 is 4.74 Å². The van der Waals surface area contributed by atoms with Crippen LogP contribution in [0.3, 0.4) is 0 Å². The molecule has 0 aliphatic carbocycles. The molecule has 2 aromatic rings. The lowest BCUT2D eigenvalue weighted by atomic mass is 10.2. The number of para-hydroxylation sites is 1. The molecular weight excluding hydrogens is 242 g/mol. The van der Waals surface area contributed by atoms with Gasteiger partial charge in [-0.15, -0.1) is 0 Å². The summed E-state index contributed by atoms with van der Waals surface area (Å²) < 4.78 is 7.19. The lowest BCUT2D eigenvalue weighted by Crippen LogP contribution is -2.26. The first-order chi connectivity index (χ1) is 9.24. The number of likely N-dealkylation sites (tertiary alicyclic amines) is 1. The minimum Gasteiger partial charge on any atom is -0.494 e. The van der Waals surface area contributed by atoms with Gasteiger partial charge >= 0.3 is 5.69 Å². The normalized spacial score (nSPS) is 20.2. The van der Waals surface area contributed by atoms with Crippen molar-refractivity contribution in [3.8, 4) is 5.75 Å². The zero-order valence-electron chi connectivity index (χ0n) is 11.3. The zero-order valence-corrected chi connectivity index (χ0v) is 11.3. The van der Waals surface area contributed by atoms with E-state index >= 15 is 0 Å². The van der Waals surface area contributed by atoms with Gasteiger partial charge in [0.15, 0.2) is 0 Å². The highest BCUT2D eigenvalue weighted by atomic mass is 16.5. The lowest BCUT2D eigenvalue weighted by Gasteiger charge is -2.14. The van der Waals surface area contributed by atoms with E-state index in [2.05, 4.69) is 16.8 Å². The standard InChI is InChI=1S/C14H19N3O2/c1-3-16-8-7-10(9-16)17-11-5-4-6-12(19-2)13(11)15-14(17)18/h4-6,10H,3,7-9H2,1-2H3,(H,15,18). The van der Waals surface area contributed by atoms with Crippen LogP contribution in [0, 0.1) is 0 Å². The highest BCUT2D eigenvalue weighted by molar-refractivity contribution is 5.82. The van der Waals surface area contributed by atoms with Gasteiger partial charge in [-0.3, -0.25) is 4.57 Å². The Balaban J connectivity index is 2.09. The first kappa shape index (κ1) is 12.3. The summed E-state index contributed by atoms with van der Waals surface area (Å²) in [6.07, 6.45) is 1.03. The van der Waals surface area contributed by atoms with E-state index in [0.717, 1.165) is 42.8 Å². The van der Waals surface area contributed by atoms with E-state index in [4.69, 9.17) is 4.74 Å². The van der Waals surface area contributed by atoms with Crippen molar-refractivity contribution in [3.63, 3.8) is 0 Å². The van der Waals surface area contributed by atoms with Crippen LogP contribution in [0.15, 0.2) is 23.0 Å². The third kappa shape index (κ3) is 1.94. The van der Waals surface area contributed by atoms with Crippen molar-refractivity contribution in [1.82, 2.24) is 14.5 Å². The van der Waals surface area contributed by atoms with Gasteiger partial charge < -0.3 is 14.6 Å². The Kier molecular flexibility index (Phi) is 3.06. The molecule has 3 rings (SSSR count). The molecule has 5 heteroatoms. The molecule has 1 aromatic carbocycles. The molecule has 1 aliphatic rings. The number of methoxy groups -OCH3 is 1. The SMILES string of the molecule is CCN1CCC(n2c(=O)[nH]c3c(OC)cccc32)C1. The predicted octanol–water partition coefficient (Wildman–Crippen LogP) is 1.60. The Morgan fingerprint density at radius 1 is 1.47 bits per heavy atom. The number of hydrogen-bond donors (Lipinski definition) is 1. The summed E-state index contributed by atoms with van der Waals surface area (Å²) in [5.41, 5.74) is 1.69. The van der Waals surface area contributed by atoms with Crippen molar-refractivity contribution in [2.45, 2.75) is 19.4 Å². The van der Waals surface area contributed by atoms with Gasteiger partial charge in [0.1, 0.15) is 11.3 Å². The fraction of sp³-hybridized carbons (Fsp3) is 0.500. The summed E-state index contributed by atoms with van der Waals surface area (Å²) in [7, 11) is 1.62. The Morgan fingerprint density at radius 3 is 3.00 bits per heavy atom. The highest BCUT2D eigenvalue weighted by Crippen LogP contribution is 2.27. The molecule has 0 amide bonds. The first-order valence-electron chi connectivity index (χ1n) is 6.74. The molecule has 102 valence electrons. The number of aromatic nitrogens is 2. The van der Waals surface area contributed by atoms with Crippen molar-refractivity contribution in [3.05, 3.63) is 28.7 Å². The Labute approximate surface area is 111 Å². The first-order valence-corrected chi connectivity index (χ1v) is 6.74. The van der Waals surface area contributed by atoms with Crippen LogP contribution in [-0.4, -0.2) is 41.2 Å². The Morgan fingerprint density at radius 2 is 2.32 bits per heavy atom. The van der Waals surface area contributed by atoms with E-state index in [1.807, 2.05) is 22.8 Å². The number of rotatable bonds is 3. The van der Waals surface area contributed by atoms with Crippen LogP contribution < -0.4 is 10.4 Å². The number of hydrogen-bond acceptors (Lipinski definition) is 3. The third-order valence-corrected chi connectivity index (χ3v) is 3.99. The average Bonchev–Trinajstić information content (AvgIpc) is 3.00. The largest absolute Gasteiger partial charge is 0.494 e. The maximum absolute atomic E-state index is 12.2. The van der Waals surface area contributed by atoms with Gasteiger partial charge in [0, 0.05) is 13.1 Å². The fourth-order valence-corrected chi connectivity index (χ4v) is 2.97. The molecule has 1 atom stereocenters. The molecule has 1 unspecified atom stereocenters. The maximum Gasteiger partial charge on any atom is 0.326 e. The number of likely N-dealkylation sites (N-methyl/N-ethyl adjacent to an activating group) is 1. The predicted molar refractivity (Wildman–Crippen MR) is 74.9 cm³/mol. The molecule has 1 N–H and O–H groups in total. The highest BCUT2D eigenvalue weighted by Gasteiger charge is 2.26. The van der Waals surface area contributed by atoms with Crippen molar-refractivity contribution in [1.29, 1.82) is 0 Å². The lowest BCUT2D eigenvalue weighted by molar-refractivity contribution is 0.341. The quantitative estimate of drug-likeness (QED) is 0.913. The van der Waals surface area contributed by atoms with Gasteiger partial charge in [-0.25, -0.2) is 4.79 Å². The second kappa shape index (κ2) is 4.74. The molecule has 5 nitrogen and oxygen atoms in total. The van der Waals surface area contributed by atoms with E-state index in [-0.39, 0.29) is 11.7 Å². The van der Waals surface area contributed by atoms with Crippen molar-refractivity contribution >= 4 is 11.0 Å². The summed E-state index contributed by atoms with van der Waals surface area (Å²) in [4.78, 5) is 17.5. The van der Waals surface area contributed by atoms with Crippen LogP contribution in [0.4, 0.5) is 0 Å². The molecule has 0 radical (unpaired) electrons. The second-order valence-electron chi connectivity index (χ2n) is 4.99. The smallest absolute Gasteiger partial charge is 0.326 e. The van der Waals surface area contributed by atoms with Crippen LogP contribution in [-0.2, 0) is 0 Å². The summed E-state index contributed by atoms with van der Waals surface area (Å²) in [5, 5.41) is 0. The van der Waals surface area contributed by atoms with Crippen LogP contribution >= 0.6 is 0 Å². The molecule has 1 aromatic heterocycles. The minimum atomic E-state index is -0.0394. The molecule has 1 fully saturated rings. The monoisotopic (exact) mass is 261 g/mol. The van der Waals surface area contributed by atoms with E-state index in [9.17, 15) is 4.79 Å². The summed E-state index contributed by atoms with van der Waals surface area (Å²) in [6.45, 7) is 5.20. The summed E-state index contributed by atoms with van der Waals surface area (Å²) in [6, 6.07) is 6.03. The number of nitrogens with one attached hydrogen (secondary N) is 1. The second-order valence-corrected chi connectivity index (χ2v) is 4.99. The molecule has 0 spiro atoms. The number of H-pyrrole nitrogens is 1. The summed E-state index contributed by atoms with van der Waals surface area (Å²) >= 11 is 0. The molecule has 0 bridgehead atoms. The van der Waals surface area contributed by atoms with E-state index in [1.54, 1.807) is 7.11 Å². The van der Waals surface area contributed by atoms with Gasteiger partial charge in [0.2, 0.25) is 0 Å². The van der Waals surface area contributed by atoms with Gasteiger partial charge in [0.25, 0.3) is 0 Å². The molecule has 19 heavy (non-hydrogen) atoms. The van der Waals surface area contributed by atoms with Crippen LogP contribution in [0.5, 0.6) is 5.75 Å². The molecular formula is C14H19N3O2. The topological polar surface area (TPSA) is 50.3 Å². The van der Waals surface area contributed by atoms with E-state index < -0.39 is 0 Å². The third-order valence-electron chi connectivity index (χ3n) is 3.99. The number of imidazole rings is 1. The van der Waals surface area contributed by atoms with Gasteiger partial charge in [-0.2, -0.15) is 0 Å². The number of fused-ring (bicyclic) bond motifs is 1. The Bertz CT molecular complexity index is 644.